The maximum Gasteiger partial charge on any atom is 0.299 e. The van der Waals surface area contributed by atoms with Gasteiger partial charge in [-0.25, -0.2) is 0 Å². The highest BCUT2D eigenvalue weighted by atomic mass is 16.6. The molecule has 0 radical (unpaired) electrons. The molecule has 0 spiro atoms. The molecule has 1 fully saturated rings. The van der Waals surface area contributed by atoms with Gasteiger partial charge in [-0.2, -0.15) is 0 Å². The maximum absolute atomic E-state index is 13.6. The summed E-state index contributed by atoms with van der Waals surface area (Å²) < 4.78 is 17.9. The first-order chi connectivity index (χ1) is 26.6. The molecule has 12 nitrogen and oxygen atoms in total. The van der Waals surface area contributed by atoms with Crippen LogP contribution < -0.4 is 9.47 Å². The molecule has 55 heavy (non-hydrogen) atoms. The van der Waals surface area contributed by atoms with Crippen molar-refractivity contribution >= 4 is 29.4 Å². The van der Waals surface area contributed by atoms with Gasteiger partial charge < -0.3 is 24.2 Å². The number of benzene rings is 5. The molecule has 0 saturated carbocycles. The molecule has 0 aromatic heterocycles. The first-order valence-corrected chi connectivity index (χ1v) is 17.3. The van der Waals surface area contributed by atoms with Gasteiger partial charge in [-0.3, -0.25) is 25.0 Å². The zero-order valence-electron chi connectivity index (χ0n) is 30.0. The number of β-amino-alcohol motifs (C(OH)–C–C–N with tert-alkyl or cyclic N) is 1. The van der Waals surface area contributed by atoms with E-state index in [1.807, 2.05) is 78.9 Å². The molecule has 6 rings (SSSR count). The molecule has 5 aromatic carbocycles. The molecule has 1 amide bonds. The lowest BCUT2D eigenvalue weighted by molar-refractivity contribution is -0.394. The number of nitrogens with zero attached hydrogens (tertiary/aromatic N) is 3. The number of nitro benzene ring substituents is 2. The predicted molar refractivity (Wildman–Crippen MR) is 206 cm³/mol. The van der Waals surface area contributed by atoms with E-state index in [1.165, 1.54) is 18.2 Å². The number of likely N-dealkylation sites (tertiary alicyclic amines) is 1. The summed E-state index contributed by atoms with van der Waals surface area (Å²) in [5.74, 6) is 6.54. The van der Waals surface area contributed by atoms with Crippen molar-refractivity contribution < 1.29 is 34.0 Å². The van der Waals surface area contributed by atoms with Crippen LogP contribution in [0, 0.1) is 32.1 Å². The third-order valence-electron chi connectivity index (χ3n) is 9.42. The number of nitro groups is 2. The highest BCUT2D eigenvalue weighted by Gasteiger charge is 2.41. The van der Waals surface area contributed by atoms with E-state index in [-0.39, 0.29) is 30.1 Å². The minimum Gasteiger partial charge on any atom is -0.497 e. The Kier molecular flexibility index (Phi) is 11.7. The number of carbonyl (C=O) groups is 1. The van der Waals surface area contributed by atoms with Crippen LogP contribution in [0.4, 0.5) is 11.4 Å². The predicted octanol–water partition coefficient (Wildman–Crippen LogP) is 7.01. The fraction of sp³-hybridized carbons (Fsp3) is 0.186. The summed E-state index contributed by atoms with van der Waals surface area (Å²) in [6, 6.07) is 35.0. The Labute approximate surface area is 317 Å². The summed E-state index contributed by atoms with van der Waals surface area (Å²) in [6.45, 7) is 0.189. The van der Waals surface area contributed by atoms with Crippen LogP contribution >= 0.6 is 0 Å². The lowest BCUT2D eigenvalue weighted by Crippen LogP contribution is -2.42. The molecule has 278 valence electrons. The molecule has 5 aromatic rings. The average molecular weight is 740 g/mol. The van der Waals surface area contributed by atoms with Gasteiger partial charge in [-0.1, -0.05) is 78.7 Å². The Hall–Kier alpha value is -6.81. The van der Waals surface area contributed by atoms with Crippen molar-refractivity contribution in [1.82, 2.24) is 4.90 Å². The molecule has 2 atom stereocenters. The summed E-state index contributed by atoms with van der Waals surface area (Å²) >= 11 is 0. The van der Waals surface area contributed by atoms with E-state index >= 15 is 0 Å². The smallest absolute Gasteiger partial charge is 0.299 e. The van der Waals surface area contributed by atoms with E-state index in [9.17, 15) is 30.1 Å². The van der Waals surface area contributed by atoms with Crippen molar-refractivity contribution in [2.24, 2.45) is 0 Å². The second-order valence-corrected chi connectivity index (χ2v) is 12.8. The van der Waals surface area contributed by atoms with Gasteiger partial charge in [0.25, 0.3) is 17.3 Å². The number of methoxy groups -OCH3 is 2. The van der Waals surface area contributed by atoms with Gasteiger partial charge in [-0.15, -0.1) is 0 Å². The lowest BCUT2D eigenvalue weighted by atomic mass is 9.80. The lowest BCUT2D eigenvalue weighted by Gasteiger charge is -2.37. The molecule has 1 aliphatic heterocycles. The van der Waals surface area contributed by atoms with Crippen molar-refractivity contribution in [1.29, 1.82) is 0 Å². The van der Waals surface area contributed by atoms with Crippen molar-refractivity contribution in [2.45, 2.75) is 24.2 Å². The number of amides is 1. The molecule has 1 heterocycles. The van der Waals surface area contributed by atoms with Crippen molar-refractivity contribution in [2.75, 3.05) is 27.4 Å². The van der Waals surface area contributed by atoms with E-state index < -0.39 is 33.5 Å². The molecule has 0 aliphatic carbocycles. The molecule has 0 unspecified atom stereocenters. The highest BCUT2D eigenvalue weighted by molar-refractivity contribution is 5.94. The van der Waals surface area contributed by atoms with Crippen LogP contribution in [0.1, 0.15) is 39.8 Å². The summed E-state index contributed by atoms with van der Waals surface area (Å²) in [5, 5.41) is 33.3. The minimum atomic E-state index is -1.10. The van der Waals surface area contributed by atoms with E-state index in [4.69, 9.17) is 14.2 Å². The number of hydrogen-bond donors (Lipinski definition) is 1. The second-order valence-electron chi connectivity index (χ2n) is 12.8. The van der Waals surface area contributed by atoms with Crippen LogP contribution in [0.3, 0.4) is 0 Å². The number of rotatable bonds is 12. The number of hydrogen-bond acceptors (Lipinski definition) is 9. The van der Waals surface area contributed by atoms with Crippen LogP contribution in [0.2, 0.25) is 0 Å². The van der Waals surface area contributed by atoms with Gasteiger partial charge in [0.05, 0.1) is 54.4 Å². The van der Waals surface area contributed by atoms with Gasteiger partial charge in [0, 0.05) is 24.1 Å². The van der Waals surface area contributed by atoms with E-state index in [1.54, 1.807) is 49.5 Å². The Balaban J connectivity index is 1.23. The van der Waals surface area contributed by atoms with E-state index in [0.29, 0.717) is 29.0 Å². The van der Waals surface area contributed by atoms with Crippen LogP contribution in [-0.2, 0) is 15.1 Å². The maximum atomic E-state index is 13.6. The van der Waals surface area contributed by atoms with Gasteiger partial charge in [-0.05, 0) is 77.2 Å². The second kappa shape index (κ2) is 16.9. The summed E-state index contributed by atoms with van der Waals surface area (Å²) in [6.07, 6.45) is 2.69. The summed E-state index contributed by atoms with van der Waals surface area (Å²) in [7, 11) is 3.21. The van der Waals surface area contributed by atoms with E-state index in [0.717, 1.165) is 22.8 Å². The fourth-order valence-corrected chi connectivity index (χ4v) is 6.60. The Morgan fingerprint density at radius 1 is 0.818 bits per heavy atom. The standard InChI is InChI=1S/C43H37N3O9/c1-53-39-21-16-34(17-22-39)43(33-6-4-3-5-7-33,35-18-23-40(54-2)24-19-35)55-29-37-26-38(47)28-44(37)42(48)25-13-31-10-8-30(9-11-31)12-14-32-15-20-36(45(49)50)27-41(32)46(51)52/h3-12,14-24,27,37-38,47H,26,28-29H2,1-2H3/b14-12+/t37-,38+/m0/s1. The Bertz CT molecular complexity index is 2200. The first-order valence-electron chi connectivity index (χ1n) is 17.3. The molecule has 12 heteroatoms. The molecule has 1 saturated heterocycles. The third-order valence-corrected chi connectivity index (χ3v) is 9.42. The zero-order valence-corrected chi connectivity index (χ0v) is 30.0. The first kappa shape index (κ1) is 37.9. The Morgan fingerprint density at radius 3 is 1.98 bits per heavy atom. The Morgan fingerprint density at radius 2 is 1.42 bits per heavy atom. The number of non-ortho nitro benzene ring substituents is 1. The van der Waals surface area contributed by atoms with Gasteiger partial charge >= 0.3 is 0 Å². The summed E-state index contributed by atoms with van der Waals surface area (Å²) in [5.41, 5.74) is 2.15. The fourth-order valence-electron chi connectivity index (χ4n) is 6.60. The quantitative estimate of drug-likeness (QED) is 0.0468. The van der Waals surface area contributed by atoms with Crippen LogP contribution in [-0.4, -0.2) is 65.3 Å². The molecule has 0 bridgehead atoms. The topological polar surface area (TPSA) is 155 Å². The molecular weight excluding hydrogens is 702 g/mol. The number of ether oxygens (including phenoxy) is 3. The molecule has 1 N–H and O–H groups in total. The number of aliphatic hydroxyl groups is 1. The average Bonchev–Trinajstić information content (AvgIpc) is 3.60. The number of carbonyl (C=O) groups excluding carboxylic acids is 1. The van der Waals surface area contributed by atoms with E-state index in [2.05, 4.69) is 11.8 Å². The van der Waals surface area contributed by atoms with Crippen molar-refractivity contribution in [3.8, 4) is 23.3 Å². The number of aliphatic hydroxyl groups excluding tert-OH is 1. The van der Waals surface area contributed by atoms with Gasteiger partial charge in [0.2, 0.25) is 0 Å². The van der Waals surface area contributed by atoms with Crippen LogP contribution in [0.5, 0.6) is 11.5 Å². The van der Waals surface area contributed by atoms with Crippen LogP contribution in [0.15, 0.2) is 121 Å². The van der Waals surface area contributed by atoms with Gasteiger partial charge in [0.15, 0.2) is 0 Å². The third kappa shape index (κ3) is 8.55. The largest absolute Gasteiger partial charge is 0.497 e. The minimum absolute atomic E-state index is 0.0887. The highest BCUT2D eigenvalue weighted by Crippen LogP contribution is 2.42. The SMILES string of the molecule is COc1ccc(C(OC[C@@H]2C[C@@H](O)CN2C(=O)C#Cc2ccc(/C=C/c3ccc([N+](=O)[O-])cc3[N+](=O)[O-])cc2)(c2ccccc2)c2ccc(OC)cc2)cc1. The monoisotopic (exact) mass is 739 g/mol. The zero-order chi connectivity index (χ0) is 39.0. The van der Waals surface area contributed by atoms with Crippen molar-refractivity contribution in [3.05, 3.63) is 175 Å². The molecular formula is C43H37N3O9. The van der Waals surface area contributed by atoms with Crippen molar-refractivity contribution in [3.63, 3.8) is 0 Å². The summed E-state index contributed by atoms with van der Waals surface area (Å²) in [4.78, 5) is 36.3. The van der Waals surface area contributed by atoms with Crippen LogP contribution in [0.25, 0.3) is 12.2 Å². The normalized spacial score (nSPS) is 15.3. The van der Waals surface area contributed by atoms with Gasteiger partial charge in [0.1, 0.15) is 17.1 Å². The molecule has 1 aliphatic rings.